The van der Waals surface area contributed by atoms with Crippen molar-refractivity contribution in [2.24, 2.45) is 0 Å². The highest BCUT2D eigenvalue weighted by molar-refractivity contribution is 6.74. The van der Waals surface area contributed by atoms with Gasteiger partial charge in [-0.3, -0.25) is 19.2 Å². The van der Waals surface area contributed by atoms with Gasteiger partial charge in [-0.25, -0.2) is 0 Å². The molecule has 10 heteroatoms. The van der Waals surface area contributed by atoms with Gasteiger partial charge in [0.2, 0.25) is 11.8 Å². The first-order chi connectivity index (χ1) is 19.8. The maximum atomic E-state index is 13.9. The van der Waals surface area contributed by atoms with Crippen LogP contribution in [-0.4, -0.2) is 72.8 Å². The highest BCUT2D eigenvalue weighted by atomic mass is 28.4. The van der Waals surface area contributed by atoms with Crippen LogP contribution in [0.5, 0.6) is 0 Å². The highest BCUT2D eigenvalue weighted by Crippen LogP contribution is 2.37. The van der Waals surface area contributed by atoms with Gasteiger partial charge in [-0.15, -0.1) is 0 Å². The quantitative estimate of drug-likeness (QED) is 0.356. The number of amides is 3. The maximum Gasteiger partial charge on any atom is 0.305 e. The lowest BCUT2D eigenvalue weighted by Gasteiger charge is -2.38. The molecule has 2 aromatic carbocycles. The highest BCUT2D eigenvalue weighted by Gasteiger charge is 2.44. The minimum atomic E-state index is -2.17. The third kappa shape index (κ3) is 7.39. The Bertz CT molecular complexity index is 1320. The summed E-state index contributed by atoms with van der Waals surface area (Å²) >= 11 is 0. The van der Waals surface area contributed by atoms with Crippen LogP contribution in [-0.2, 0) is 18.8 Å². The van der Waals surface area contributed by atoms with Gasteiger partial charge in [-0.2, -0.15) is 0 Å². The smallest absolute Gasteiger partial charge is 0.305 e. The van der Waals surface area contributed by atoms with Crippen molar-refractivity contribution < 1.29 is 28.7 Å². The molecule has 4 unspecified atom stereocenters. The predicted octanol–water partition coefficient (Wildman–Crippen LogP) is 4.85. The van der Waals surface area contributed by atoms with E-state index in [1.54, 1.807) is 11.0 Å². The molecule has 9 nitrogen and oxygen atoms in total. The first kappa shape index (κ1) is 31.7. The van der Waals surface area contributed by atoms with E-state index in [4.69, 9.17) is 4.43 Å². The SMILES string of the molecule is CC(C)(C)[Si](C)(C)OCC(CC(=O)O)NC(=O)C1CCC2CCCCC(NC(=O)c3ccc4ccccc4c3)C(=O)N21. The minimum Gasteiger partial charge on any atom is -0.481 e. The molecular formula is C32H45N3O6Si. The molecule has 0 saturated carbocycles. The normalized spacial score (nSPS) is 22.2. The van der Waals surface area contributed by atoms with Gasteiger partial charge in [0.1, 0.15) is 12.1 Å². The average Bonchev–Trinajstić information content (AvgIpc) is 3.34. The lowest BCUT2D eigenvalue weighted by Crippen LogP contribution is -2.57. The topological polar surface area (TPSA) is 125 Å². The summed E-state index contributed by atoms with van der Waals surface area (Å²) in [6.07, 6.45) is 3.92. The monoisotopic (exact) mass is 595 g/mol. The van der Waals surface area contributed by atoms with Crippen molar-refractivity contribution in [2.45, 2.75) is 108 Å². The first-order valence-electron chi connectivity index (χ1n) is 15.0. The van der Waals surface area contributed by atoms with Crippen molar-refractivity contribution in [3.63, 3.8) is 0 Å². The summed E-state index contributed by atoms with van der Waals surface area (Å²) in [6.45, 7) is 10.6. The van der Waals surface area contributed by atoms with Crippen LogP contribution in [0.4, 0.5) is 0 Å². The fourth-order valence-electron chi connectivity index (χ4n) is 5.68. The summed E-state index contributed by atoms with van der Waals surface area (Å²) in [5, 5.41) is 17.3. The Hall–Kier alpha value is -3.24. The van der Waals surface area contributed by atoms with Crippen LogP contribution in [0.3, 0.4) is 0 Å². The summed E-state index contributed by atoms with van der Waals surface area (Å²) in [5.74, 6) is -1.96. The molecule has 3 N–H and O–H groups in total. The molecule has 4 atom stereocenters. The Labute approximate surface area is 249 Å². The van der Waals surface area contributed by atoms with Gasteiger partial charge in [0.15, 0.2) is 8.32 Å². The minimum absolute atomic E-state index is 0.0628. The number of carboxylic acids is 1. The van der Waals surface area contributed by atoms with Gasteiger partial charge in [0.05, 0.1) is 19.1 Å². The second-order valence-electron chi connectivity index (χ2n) is 13.2. The van der Waals surface area contributed by atoms with Crippen LogP contribution in [0.2, 0.25) is 18.1 Å². The average molecular weight is 596 g/mol. The number of nitrogens with zero attached hydrogens (tertiary/aromatic N) is 1. The number of rotatable bonds is 9. The maximum absolute atomic E-state index is 13.9. The molecular weight excluding hydrogens is 550 g/mol. The molecule has 0 spiro atoms. The summed E-state index contributed by atoms with van der Waals surface area (Å²) in [4.78, 5) is 54.1. The number of hydrogen-bond acceptors (Lipinski definition) is 5. The van der Waals surface area contributed by atoms with Crippen LogP contribution < -0.4 is 10.6 Å². The Balaban J connectivity index is 1.47. The van der Waals surface area contributed by atoms with E-state index < -0.39 is 32.4 Å². The number of carboxylic acid groups (broad SMARTS) is 1. The molecule has 0 bridgehead atoms. The number of aliphatic carboxylic acids is 1. The summed E-state index contributed by atoms with van der Waals surface area (Å²) in [5.41, 5.74) is 0.481. The Kier molecular flexibility index (Phi) is 9.77. The van der Waals surface area contributed by atoms with Crippen LogP contribution in [0.15, 0.2) is 42.5 Å². The van der Waals surface area contributed by atoms with Gasteiger partial charge < -0.3 is 25.1 Å². The van der Waals surface area contributed by atoms with Gasteiger partial charge >= 0.3 is 5.97 Å². The Morgan fingerprint density at radius 3 is 2.40 bits per heavy atom. The van der Waals surface area contributed by atoms with Crippen molar-refractivity contribution in [2.75, 3.05) is 6.61 Å². The molecule has 42 heavy (non-hydrogen) atoms. The van der Waals surface area contributed by atoms with E-state index in [0.717, 1.165) is 30.0 Å². The number of carbonyl (C=O) groups is 4. The molecule has 2 aliphatic heterocycles. The van der Waals surface area contributed by atoms with E-state index in [-0.39, 0.29) is 41.8 Å². The van der Waals surface area contributed by atoms with E-state index in [9.17, 15) is 24.3 Å². The van der Waals surface area contributed by atoms with E-state index in [0.29, 0.717) is 24.8 Å². The zero-order valence-electron chi connectivity index (χ0n) is 25.4. The van der Waals surface area contributed by atoms with Crippen LogP contribution in [0.25, 0.3) is 10.8 Å². The summed E-state index contributed by atoms with van der Waals surface area (Å²) in [7, 11) is -2.17. The van der Waals surface area contributed by atoms with Crippen molar-refractivity contribution in [1.82, 2.24) is 15.5 Å². The largest absolute Gasteiger partial charge is 0.481 e. The number of carbonyl (C=O) groups excluding carboxylic acids is 3. The molecule has 2 aromatic rings. The summed E-state index contributed by atoms with van der Waals surface area (Å²) in [6, 6.07) is 11.0. The molecule has 2 aliphatic rings. The Morgan fingerprint density at radius 2 is 1.71 bits per heavy atom. The second-order valence-corrected chi connectivity index (χ2v) is 18.0. The molecule has 2 fully saturated rings. The molecule has 228 valence electrons. The molecule has 4 rings (SSSR count). The second kappa shape index (κ2) is 13.0. The number of nitrogens with one attached hydrogen (secondary N) is 2. The fourth-order valence-corrected chi connectivity index (χ4v) is 6.73. The standard InChI is InChI=1S/C32H45N3O6Si/c1-32(2,3)42(4,5)41-20-24(19-28(36)37)33-30(39)27-17-16-25-12-8-9-13-26(31(40)35(25)27)34-29(38)23-15-14-21-10-6-7-11-22(21)18-23/h6-7,10-11,14-15,18,24-27H,8-9,12-13,16-17,19-20H2,1-5H3,(H,33,39)(H,34,38)(H,36,37). The molecule has 2 saturated heterocycles. The lowest BCUT2D eigenvalue weighted by atomic mass is 9.98. The first-order valence-corrected chi connectivity index (χ1v) is 18.0. The molecule has 0 aromatic heterocycles. The van der Waals surface area contributed by atoms with Crippen LogP contribution >= 0.6 is 0 Å². The lowest BCUT2D eigenvalue weighted by molar-refractivity contribution is -0.143. The van der Waals surface area contributed by atoms with Crippen LogP contribution in [0, 0.1) is 0 Å². The molecule has 3 amide bonds. The van der Waals surface area contributed by atoms with Gasteiger partial charge in [-0.1, -0.05) is 63.9 Å². The van der Waals surface area contributed by atoms with Gasteiger partial charge in [0.25, 0.3) is 5.91 Å². The summed E-state index contributed by atoms with van der Waals surface area (Å²) < 4.78 is 6.25. The number of benzene rings is 2. The Morgan fingerprint density at radius 1 is 1.02 bits per heavy atom. The van der Waals surface area contributed by atoms with Crippen molar-refractivity contribution in [3.8, 4) is 0 Å². The van der Waals surface area contributed by atoms with E-state index in [2.05, 4.69) is 44.5 Å². The fraction of sp³-hybridized carbons (Fsp3) is 0.562. The molecule has 2 heterocycles. The van der Waals surface area contributed by atoms with Crippen molar-refractivity contribution in [1.29, 1.82) is 0 Å². The number of fused-ring (bicyclic) bond motifs is 2. The van der Waals surface area contributed by atoms with Crippen molar-refractivity contribution >= 4 is 42.8 Å². The van der Waals surface area contributed by atoms with Gasteiger partial charge in [-0.05, 0) is 66.7 Å². The van der Waals surface area contributed by atoms with E-state index in [1.165, 1.54) is 0 Å². The van der Waals surface area contributed by atoms with Crippen LogP contribution in [0.1, 0.15) is 76.1 Å². The predicted molar refractivity (Wildman–Crippen MR) is 165 cm³/mol. The van der Waals surface area contributed by atoms with E-state index >= 15 is 0 Å². The number of hydrogen-bond donors (Lipinski definition) is 3. The van der Waals surface area contributed by atoms with Gasteiger partial charge in [0, 0.05) is 11.6 Å². The zero-order chi connectivity index (χ0) is 30.7. The third-order valence-corrected chi connectivity index (χ3v) is 13.7. The van der Waals surface area contributed by atoms with Crippen molar-refractivity contribution in [3.05, 3.63) is 48.0 Å². The molecule has 0 radical (unpaired) electrons. The zero-order valence-corrected chi connectivity index (χ0v) is 26.4. The third-order valence-electron chi connectivity index (χ3n) is 9.17. The van der Waals surface area contributed by atoms with E-state index in [1.807, 2.05) is 36.4 Å². The molecule has 0 aliphatic carbocycles.